The van der Waals surface area contributed by atoms with Crippen LogP contribution < -0.4 is 4.90 Å². The Morgan fingerprint density at radius 1 is 1.36 bits per heavy atom. The fourth-order valence-corrected chi connectivity index (χ4v) is 1.48. The van der Waals surface area contributed by atoms with Crippen molar-refractivity contribution >= 4 is 27.9 Å². The maximum absolute atomic E-state index is 10.4. The summed E-state index contributed by atoms with van der Waals surface area (Å²) in [5, 5.41) is 1.02. The molecule has 0 saturated heterocycles. The minimum Gasteiger partial charge on any atom is -0.375 e. The molecule has 3 heteroatoms. The molecule has 1 rings (SSSR count). The summed E-state index contributed by atoms with van der Waals surface area (Å²) in [6, 6.07) is 7.62. The molecule has 0 amide bonds. The molecule has 0 atom stereocenters. The third-order valence-corrected chi connectivity index (χ3v) is 2.66. The minimum atomic E-state index is 0.725. The van der Waals surface area contributed by atoms with Gasteiger partial charge in [0.2, 0.25) is 0 Å². The molecule has 0 unspecified atom stereocenters. The Morgan fingerprint density at radius 2 is 2.00 bits per heavy atom. The van der Waals surface area contributed by atoms with Crippen LogP contribution in [-0.2, 0) is 0 Å². The lowest BCUT2D eigenvalue weighted by Crippen LogP contribution is -2.18. The highest BCUT2D eigenvalue weighted by Crippen LogP contribution is 2.13. The van der Waals surface area contributed by atoms with Crippen molar-refractivity contribution in [2.24, 2.45) is 0 Å². The van der Waals surface area contributed by atoms with Gasteiger partial charge in [0.05, 0.1) is 0 Å². The summed E-state index contributed by atoms with van der Waals surface area (Å²) in [6.45, 7) is 1.02. The van der Waals surface area contributed by atoms with Crippen molar-refractivity contribution in [3.05, 3.63) is 29.8 Å². The Bertz CT molecular complexity index is 284. The average Bonchev–Trinajstić information content (AvgIpc) is 2.26. The van der Waals surface area contributed by atoms with E-state index in [0.29, 0.717) is 0 Å². The summed E-state index contributed by atoms with van der Waals surface area (Å²) in [5.74, 6) is 0. The molecule has 0 radical (unpaired) electrons. The third-order valence-electron chi connectivity index (χ3n) is 2.10. The van der Waals surface area contributed by atoms with Crippen molar-refractivity contribution < 1.29 is 4.79 Å². The number of hydrogen-bond donors (Lipinski definition) is 0. The zero-order chi connectivity index (χ0) is 10.4. The van der Waals surface area contributed by atoms with Gasteiger partial charge < -0.3 is 4.90 Å². The van der Waals surface area contributed by atoms with E-state index in [0.717, 1.165) is 35.8 Å². The van der Waals surface area contributed by atoms with Gasteiger partial charge in [-0.3, -0.25) is 4.79 Å². The third kappa shape index (κ3) is 3.14. The molecule has 1 aromatic rings. The summed E-state index contributed by atoms with van der Waals surface area (Å²) >= 11 is 3.40. The number of halogens is 1. The van der Waals surface area contributed by atoms with Crippen LogP contribution in [-0.4, -0.2) is 25.2 Å². The quantitative estimate of drug-likeness (QED) is 0.596. The lowest BCUT2D eigenvalue weighted by atomic mass is 10.2. The summed E-state index contributed by atoms with van der Waals surface area (Å²) in [5.41, 5.74) is 1.87. The Balaban J connectivity index is 2.61. The molecule has 0 aliphatic heterocycles. The van der Waals surface area contributed by atoms with Gasteiger partial charge in [-0.15, -0.1) is 0 Å². The summed E-state index contributed by atoms with van der Waals surface area (Å²) in [7, 11) is 2.05. The van der Waals surface area contributed by atoms with Crippen molar-refractivity contribution in [1.29, 1.82) is 0 Å². The number of anilines is 1. The van der Waals surface area contributed by atoms with E-state index < -0.39 is 0 Å². The van der Waals surface area contributed by atoms with E-state index in [2.05, 4.69) is 27.9 Å². The van der Waals surface area contributed by atoms with Crippen molar-refractivity contribution in [2.45, 2.75) is 6.42 Å². The highest BCUT2D eigenvalue weighted by atomic mass is 79.9. The van der Waals surface area contributed by atoms with Crippen LogP contribution in [0, 0.1) is 0 Å². The minimum absolute atomic E-state index is 0.725. The SMILES string of the molecule is CN(CCCBr)c1ccc(C=O)cc1. The zero-order valence-corrected chi connectivity index (χ0v) is 9.83. The highest BCUT2D eigenvalue weighted by molar-refractivity contribution is 9.09. The second-order valence-electron chi connectivity index (χ2n) is 3.17. The Kier molecular flexibility index (Phi) is 4.66. The number of hydrogen-bond acceptors (Lipinski definition) is 2. The normalized spacial score (nSPS) is 9.86. The average molecular weight is 256 g/mol. The highest BCUT2D eigenvalue weighted by Gasteiger charge is 1.99. The number of carbonyl (C=O) groups is 1. The summed E-state index contributed by atoms with van der Waals surface area (Å²) in [4.78, 5) is 12.6. The fourth-order valence-electron chi connectivity index (χ4n) is 1.23. The molecule has 2 nitrogen and oxygen atoms in total. The van der Waals surface area contributed by atoms with Crippen LogP contribution in [0.15, 0.2) is 24.3 Å². The number of carbonyl (C=O) groups excluding carboxylic acids is 1. The Labute approximate surface area is 93.0 Å². The van der Waals surface area contributed by atoms with Crippen LogP contribution in [0.1, 0.15) is 16.8 Å². The molecule has 14 heavy (non-hydrogen) atoms. The Morgan fingerprint density at radius 3 is 2.50 bits per heavy atom. The maximum Gasteiger partial charge on any atom is 0.150 e. The van der Waals surface area contributed by atoms with Gasteiger partial charge >= 0.3 is 0 Å². The molecule has 0 spiro atoms. The molecule has 0 aromatic heterocycles. The van der Waals surface area contributed by atoms with Crippen LogP contribution in [0.5, 0.6) is 0 Å². The predicted molar refractivity (Wildman–Crippen MR) is 63.5 cm³/mol. The molecule has 76 valence electrons. The van der Waals surface area contributed by atoms with E-state index >= 15 is 0 Å². The lowest BCUT2D eigenvalue weighted by Gasteiger charge is -2.18. The fraction of sp³-hybridized carbons (Fsp3) is 0.364. The molecular weight excluding hydrogens is 242 g/mol. The van der Waals surface area contributed by atoms with Gasteiger partial charge in [0.25, 0.3) is 0 Å². The van der Waals surface area contributed by atoms with Crippen molar-refractivity contribution in [3.63, 3.8) is 0 Å². The van der Waals surface area contributed by atoms with Crippen LogP contribution in [0.25, 0.3) is 0 Å². The standard InChI is InChI=1S/C11H14BrNO/c1-13(8-2-7-12)11-5-3-10(9-14)4-6-11/h3-6,9H,2,7-8H2,1H3. The largest absolute Gasteiger partial charge is 0.375 e. The molecule has 0 bridgehead atoms. The monoisotopic (exact) mass is 255 g/mol. The van der Waals surface area contributed by atoms with Crippen molar-refractivity contribution in [2.75, 3.05) is 23.8 Å². The second kappa shape index (κ2) is 5.81. The summed E-state index contributed by atoms with van der Waals surface area (Å²) < 4.78 is 0. The summed E-state index contributed by atoms with van der Waals surface area (Å²) in [6.07, 6.45) is 1.98. The number of rotatable bonds is 5. The molecular formula is C11H14BrNO. The van der Waals surface area contributed by atoms with E-state index in [-0.39, 0.29) is 0 Å². The van der Waals surface area contributed by atoms with Gasteiger partial charge in [-0.05, 0) is 30.7 Å². The lowest BCUT2D eigenvalue weighted by molar-refractivity contribution is 0.112. The van der Waals surface area contributed by atoms with Gasteiger partial charge in [-0.1, -0.05) is 15.9 Å². The van der Waals surface area contributed by atoms with E-state index in [1.807, 2.05) is 24.3 Å². The van der Waals surface area contributed by atoms with Crippen LogP contribution in [0.3, 0.4) is 0 Å². The van der Waals surface area contributed by atoms with Gasteiger partial charge in [0, 0.05) is 30.2 Å². The van der Waals surface area contributed by atoms with Gasteiger partial charge in [-0.2, -0.15) is 0 Å². The second-order valence-corrected chi connectivity index (χ2v) is 3.97. The van der Waals surface area contributed by atoms with Crippen molar-refractivity contribution in [1.82, 2.24) is 0 Å². The number of benzene rings is 1. The molecule has 0 aliphatic rings. The first-order chi connectivity index (χ1) is 6.77. The number of alkyl halides is 1. The van der Waals surface area contributed by atoms with Gasteiger partial charge in [-0.25, -0.2) is 0 Å². The topological polar surface area (TPSA) is 20.3 Å². The smallest absolute Gasteiger partial charge is 0.150 e. The molecule has 1 aromatic carbocycles. The first kappa shape index (κ1) is 11.2. The van der Waals surface area contributed by atoms with Crippen LogP contribution in [0.2, 0.25) is 0 Å². The van der Waals surface area contributed by atoms with E-state index in [1.165, 1.54) is 0 Å². The zero-order valence-electron chi connectivity index (χ0n) is 8.24. The molecule has 0 fully saturated rings. The molecule has 0 aliphatic carbocycles. The van der Waals surface area contributed by atoms with E-state index in [4.69, 9.17) is 0 Å². The Hall–Kier alpha value is -0.830. The molecule has 0 heterocycles. The maximum atomic E-state index is 10.4. The predicted octanol–water partition coefficient (Wildman–Crippen LogP) is 2.72. The molecule has 0 saturated carbocycles. The van der Waals surface area contributed by atoms with E-state index in [9.17, 15) is 4.79 Å². The van der Waals surface area contributed by atoms with Gasteiger partial charge in [0.15, 0.2) is 0 Å². The van der Waals surface area contributed by atoms with E-state index in [1.54, 1.807) is 0 Å². The first-order valence-electron chi connectivity index (χ1n) is 4.60. The van der Waals surface area contributed by atoms with Crippen molar-refractivity contribution in [3.8, 4) is 0 Å². The van der Waals surface area contributed by atoms with Gasteiger partial charge in [0.1, 0.15) is 6.29 Å². The number of nitrogens with zero attached hydrogens (tertiary/aromatic N) is 1. The van der Waals surface area contributed by atoms with Crippen LogP contribution >= 0.6 is 15.9 Å². The van der Waals surface area contributed by atoms with Crippen LogP contribution in [0.4, 0.5) is 5.69 Å². The first-order valence-corrected chi connectivity index (χ1v) is 5.72. The number of aldehydes is 1. The molecule has 0 N–H and O–H groups in total.